The van der Waals surface area contributed by atoms with Crippen molar-refractivity contribution in [2.24, 2.45) is 4.99 Å². The molecule has 5 rings (SSSR count). The topological polar surface area (TPSA) is 105 Å². The first-order valence-electron chi connectivity index (χ1n) is 13.5. The number of hydrogen-bond donors (Lipinski definition) is 0. The Kier molecular flexibility index (Phi) is 8.53. The zero-order valence-corrected chi connectivity index (χ0v) is 24.5. The van der Waals surface area contributed by atoms with Crippen molar-refractivity contribution in [3.8, 4) is 11.5 Å². The lowest BCUT2D eigenvalue weighted by atomic mass is 9.95. The van der Waals surface area contributed by atoms with Crippen LogP contribution in [0.2, 0.25) is 0 Å². The number of carbonyl (C=O) groups excluding carboxylic acids is 2. The molecule has 2 heterocycles. The summed E-state index contributed by atoms with van der Waals surface area (Å²) < 4.78 is 23.5. The van der Waals surface area contributed by atoms with Gasteiger partial charge < -0.3 is 18.9 Å². The lowest BCUT2D eigenvalue weighted by Crippen LogP contribution is -2.40. The zero-order valence-electron chi connectivity index (χ0n) is 23.7. The summed E-state index contributed by atoms with van der Waals surface area (Å²) in [4.78, 5) is 44.1. The first-order valence-corrected chi connectivity index (χ1v) is 14.3. The first-order chi connectivity index (χ1) is 20.4. The highest BCUT2D eigenvalue weighted by molar-refractivity contribution is 7.07. The van der Waals surface area contributed by atoms with E-state index in [0.29, 0.717) is 38.7 Å². The number of hydrogen-bond acceptors (Lipinski definition) is 9. The molecule has 0 bridgehead atoms. The largest absolute Gasteiger partial charge is 0.490 e. The highest BCUT2D eigenvalue weighted by atomic mass is 32.1. The Balaban J connectivity index is 1.69. The fourth-order valence-electron chi connectivity index (χ4n) is 4.90. The lowest BCUT2D eigenvalue weighted by molar-refractivity contribution is -0.143. The number of allylic oxidation sites excluding steroid dienone is 1. The first kappa shape index (κ1) is 28.8. The van der Waals surface area contributed by atoms with Crippen LogP contribution in [0.1, 0.15) is 37.9 Å². The minimum atomic E-state index is -0.830. The second kappa shape index (κ2) is 12.4. The molecule has 4 aromatic rings. The van der Waals surface area contributed by atoms with Crippen LogP contribution in [0.25, 0.3) is 16.8 Å². The van der Waals surface area contributed by atoms with Crippen molar-refractivity contribution in [2.45, 2.75) is 26.8 Å². The van der Waals surface area contributed by atoms with Crippen molar-refractivity contribution in [2.75, 3.05) is 26.9 Å². The van der Waals surface area contributed by atoms with Gasteiger partial charge in [0.2, 0.25) is 0 Å². The molecule has 0 spiro atoms. The van der Waals surface area contributed by atoms with E-state index >= 15 is 0 Å². The van der Waals surface area contributed by atoms with E-state index in [9.17, 15) is 14.4 Å². The molecule has 0 amide bonds. The highest BCUT2D eigenvalue weighted by Gasteiger charge is 2.34. The van der Waals surface area contributed by atoms with Crippen LogP contribution in [0, 0.1) is 0 Å². The van der Waals surface area contributed by atoms with E-state index in [1.54, 1.807) is 32.0 Å². The Morgan fingerprint density at radius 2 is 1.79 bits per heavy atom. The van der Waals surface area contributed by atoms with Gasteiger partial charge in [0.1, 0.15) is 0 Å². The van der Waals surface area contributed by atoms with Crippen molar-refractivity contribution < 1.29 is 28.5 Å². The number of benzene rings is 3. The van der Waals surface area contributed by atoms with Gasteiger partial charge in [-0.25, -0.2) is 14.6 Å². The number of esters is 2. The maximum absolute atomic E-state index is 14.1. The van der Waals surface area contributed by atoms with Crippen LogP contribution in [0.4, 0.5) is 0 Å². The number of rotatable bonds is 9. The van der Waals surface area contributed by atoms with Gasteiger partial charge in [-0.15, -0.1) is 0 Å². The zero-order chi connectivity index (χ0) is 29.8. The van der Waals surface area contributed by atoms with Crippen LogP contribution in [0.5, 0.6) is 11.5 Å². The Morgan fingerprint density at radius 1 is 1.00 bits per heavy atom. The highest BCUT2D eigenvalue weighted by Crippen LogP contribution is 2.36. The van der Waals surface area contributed by atoms with E-state index in [-0.39, 0.29) is 24.3 Å². The van der Waals surface area contributed by atoms with E-state index in [1.165, 1.54) is 23.0 Å². The van der Waals surface area contributed by atoms with Gasteiger partial charge in [0.05, 0.1) is 42.2 Å². The third-order valence-electron chi connectivity index (χ3n) is 6.78. The molecule has 1 aromatic heterocycles. The number of methoxy groups -OCH3 is 1. The van der Waals surface area contributed by atoms with Crippen LogP contribution in [0.15, 0.2) is 81.7 Å². The van der Waals surface area contributed by atoms with Crippen LogP contribution in [-0.4, -0.2) is 43.4 Å². The van der Waals surface area contributed by atoms with E-state index in [1.807, 2.05) is 55.5 Å². The van der Waals surface area contributed by atoms with Gasteiger partial charge in [-0.05, 0) is 60.9 Å². The van der Waals surface area contributed by atoms with Gasteiger partial charge in [0.15, 0.2) is 22.9 Å². The molecule has 0 saturated heterocycles. The molecule has 216 valence electrons. The smallest absolute Gasteiger partial charge is 0.343 e. The van der Waals surface area contributed by atoms with Crippen LogP contribution in [0.3, 0.4) is 0 Å². The molecule has 1 aliphatic rings. The Hall–Kier alpha value is -4.70. The summed E-state index contributed by atoms with van der Waals surface area (Å²) in [5.41, 5.74) is 1.93. The molecule has 0 saturated carbocycles. The van der Waals surface area contributed by atoms with Crippen molar-refractivity contribution in [3.63, 3.8) is 0 Å². The second-order valence-corrected chi connectivity index (χ2v) is 10.4. The predicted molar refractivity (Wildman–Crippen MR) is 159 cm³/mol. The number of ether oxygens (including phenoxy) is 4. The van der Waals surface area contributed by atoms with Gasteiger partial charge >= 0.3 is 11.9 Å². The second-order valence-electron chi connectivity index (χ2n) is 9.37. The van der Waals surface area contributed by atoms with Crippen molar-refractivity contribution in [3.05, 3.63) is 103 Å². The molecule has 3 aromatic carbocycles. The van der Waals surface area contributed by atoms with E-state index in [0.717, 1.165) is 16.3 Å². The summed E-state index contributed by atoms with van der Waals surface area (Å²) in [6, 6.07) is 18.2. The molecule has 0 aliphatic carbocycles. The van der Waals surface area contributed by atoms with Crippen LogP contribution in [-0.2, 0) is 19.1 Å². The van der Waals surface area contributed by atoms with Gasteiger partial charge in [-0.2, -0.15) is 0 Å². The number of aromatic nitrogens is 1. The summed E-state index contributed by atoms with van der Waals surface area (Å²) in [6.45, 7) is 5.47. The van der Waals surface area contributed by atoms with Crippen molar-refractivity contribution in [1.82, 2.24) is 4.57 Å². The molecule has 42 heavy (non-hydrogen) atoms. The quantitative estimate of drug-likeness (QED) is 0.274. The predicted octanol–water partition coefficient (Wildman–Crippen LogP) is 3.90. The van der Waals surface area contributed by atoms with Gasteiger partial charge in [-0.3, -0.25) is 9.36 Å². The third kappa shape index (κ3) is 5.58. The third-order valence-corrected chi connectivity index (χ3v) is 7.77. The Labute approximate surface area is 245 Å². The molecular formula is C32H30N2O7S. The molecule has 1 atom stereocenters. The maximum atomic E-state index is 14.1. The molecular weight excluding hydrogens is 556 g/mol. The van der Waals surface area contributed by atoms with E-state index in [4.69, 9.17) is 14.2 Å². The molecule has 9 nitrogen and oxygen atoms in total. The molecule has 0 radical (unpaired) electrons. The van der Waals surface area contributed by atoms with Crippen molar-refractivity contribution in [1.29, 1.82) is 0 Å². The Bertz CT molecular complexity index is 1880. The van der Waals surface area contributed by atoms with Crippen LogP contribution < -0.4 is 24.4 Å². The minimum absolute atomic E-state index is 0.165. The fraction of sp³-hybridized carbons (Fsp3) is 0.250. The van der Waals surface area contributed by atoms with Gasteiger partial charge in [0, 0.05) is 0 Å². The summed E-state index contributed by atoms with van der Waals surface area (Å²) in [5.74, 6) is -0.415. The van der Waals surface area contributed by atoms with E-state index in [2.05, 4.69) is 9.73 Å². The number of thiazole rings is 1. The molecule has 0 N–H and O–H groups in total. The minimum Gasteiger partial charge on any atom is -0.490 e. The molecule has 0 fully saturated rings. The van der Waals surface area contributed by atoms with E-state index < -0.39 is 18.0 Å². The summed E-state index contributed by atoms with van der Waals surface area (Å²) in [6.07, 6.45) is 1.86. The van der Waals surface area contributed by atoms with Gasteiger partial charge in [0.25, 0.3) is 5.56 Å². The normalized spacial score (nSPS) is 14.8. The number of nitrogens with zero attached hydrogens (tertiary/aromatic N) is 2. The monoisotopic (exact) mass is 586 g/mol. The number of fused-ring (bicyclic) bond motifs is 2. The fourth-order valence-corrected chi connectivity index (χ4v) is 5.94. The molecule has 0 unspecified atom stereocenters. The maximum Gasteiger partial charge on any atom is 0.343 e. The standard InChI is InChI=1S/C32H30N2O7S/c1-5-39-25-16-22(14-15-24(25)41-18-27(35)38-4)29-28(31(37)40-6-2)19(3)33-32-34(29)30(36)26(42-32)17-21-12-9-11-20-10-7-8-13-23(20)21/h7-17,29H,5-6,18H2,1-4H3/b26-17+/t29-/m1/s1. The summed E-state index contributed by atoms with van der Waals surface area (Å²) in [5, 5.41) is 2.09. The summed E-state index contributed by atoms with van der Waals surface area (Å²) in [7, 11) is 1.28. The summed E-state index contributed by atoms with van der Waals surface area (Å²) >= 11 is 1.26. The SMILES string of the molecule is CCOC(=O)C1=C(C)N=c2s/c(=C/c3cccc4ccccc34)c(=O)n2[C@@H]1c1ccc(OCC(=O)OC)c(OCC)c1. The van der Waals surface area contributed by atoms with Crippen LogP contribution >= 0.6 is 11.3 Å². The molecule has 1 aliphatic heterocycles. The Morgan fingerprint density at radius 3 is 2.55 bits per heavy atom. The molecule has 10 heteroatoms. The average Bonchev–Trinajstić information content (AvgIpc) is 3.29. The van der Waals surface area contributed by atoms with Crippen molar-refractivity contribution >= 4 is 40.1 Å². The number of carbonyl (C=O) groups is 2. The van der Waals surface area contributed by atoms with Gasteiger partial charge in [-0.1, -0.05) is 59.9 Å². The lowest BCUT2D eigenvalue weighted by Gasteiger charge is -2.25. The average molecular weight is 587 g/mol.